The first-order valence-electron chi connectivity index (χ1n) is 8.30. The molecule has 1 aliphatic heterocycles. The molecule has 8 heteroatoms. The Labute approximate surface area is 155 Å². The highest BCUT2D eigenvalue weighted by Crippen LogP contribution is 2.31. The molecule has 27 heavy (non-hydrogen) atoms. The summed E-state index contributed by atoms with van der Waals surface area (Å²) < 4.78 is 26.2. The van der Waals surface area contributed by atoms with Crippen molar-refractivity contribution >= 4 is 29.0 Å². The third-order valence-corrected chi connectivity index (χ3v) is 4.31. The van der Waals surface area contributed by atoms with Crippen molar-refractivity contribution < 1.29 is 8.78 Å². The van der Waals surface area contributed by atoms with Gasteiger partial charge in [0.25, 0.3) is 5.92 Å². The molecule has 2 aromatic rings. The van der Waals surface area contributed by atoms with Gasteiger partial charge >= 0.3 is 0 Å². The van der Waals surface area contributed by atoms with Gasteiger partial charge in [0.2, 0.25) is 0 Å². The molecule has 6 nitrogen and oxygen atoms in total. The van der Waals surface area contributed by atoms with E-state index in [9.17, 15) is 8.78 Å². The van der Waals surface area contributed by atoms with Gasteiger partial charge in [-0.05, 0) is 29.8 Å². The number of nitrogens with two attached hydrogens (primary N) is 1. The fourth-order valence-corrected chi connectivity index (χ4v) is 2.89. The number of nitrogens with zero attached hydrogens (tertiary/aromatic N) is 2. The summed E-state index contributed by atoms with van der Waals surface area (Å²) in [6, 6.07) is 8.47. The molecule has 1 aromatic heterocycles. The molecule has 0 radical (unpaired) electrons. The predicted molar refractivity (Wildman–Crippen MR) is 104 cm³/mol. The minimum Gasteiger partial charge on any atom is -0.398 e. The van der Waals surface area contributed by atoms with E-state index >= 15 is 0 Å². The number of alkyl halides is 2. The molecule has 0 atom stereocenters. The van der Waals surface area contributed by atoms with Gasteiger partial charge in [0.05, 0.1) is 18.8 Å². The van der Waals surface area contributed by atoms with Crippen LogP contribution in [-0.4, -0.2) is 43.0 Å². The molecule has 5 N–H and O–H groups in total. The van der Waals surface area contributed by atoms with E-state index in [1.807, 2.05) is 0 Å². The molecule has 0 amide bonds. The van der Waals surface area contributed by atoms with Gasteiger partial charge in [0, 0.05) is 48.0 Å². The average molecular weight is 370 g/mol. The van der Waals surface area contributed by atoms with Crippen LogP contribution >= 0.6 is 0 Å². The highest BCUT2D eigenvalue weighted by atomic mass is 19.3. The standard InChI is InChI=1S/C19H20F2N6/c1-25-9-14(8-22)12-2-3-16(23)15(6-12)18(24)13-4-5-26-17(7-13)27-10-19(20,21)11-27/h2-9,22,24-25H,10-11,23H2,1H3/b14-9+,22-8?,24-18?. The summed E-state index contributed by atoms with van der Waals surface area (Å²) in [5, 5.41) is 18.9. The molecule has 0 spiro atoms. The van der Waals surface area contributed by atoms with Gasteiger partial charge in [0.15, 0.2) is 0 Å². The minimum absolute atomic E-state index is 0.166. The van der Waals surface area contributed by atoms with Crippen LogP contribution in [0.3, 0.4) is 0 Å². The van der Waals surface area contributed by atoms with Crippen LogP contribution in [0.25, 0.3) is 5.57 Å². The molecule has 140 valence electrons. The Kier molecular flexibility index (Phi) is 4.89. The Morgan fingerprint density at radius 3 is 2.63 bits per heavy atom. The summed E-state index contributed by atoms with van der Waals surface area (Å²) in [7, 11) is 1.74. The second kappa shape index (κ2) is 7.14. The van der Waals surface area contributed by atoms with Crippen molar-refractivity contribution in [3.63, 3.8) is 0 Å². The molecule has 1 aromatic carbocycles. The van der Waals surface area contributed by atoms with Crippen molar-refractivity contribution in [2.75, 3.05) is 30.8 Å². The molecule has 1 fully saturated rings. The number of hydrogen-bond acceptors (Lipinski definition) is 6. The number of anilines is 2. The first-order valence-corrected chi connectivity index (χ1v) is 8.30. The lowest BCUT2D eigenvalue weighted by Gasteiger charge is -2.39. The van der Waals surface area contributed by atoms with Crippen LogP contribution in [0.15, 0.2) is 42.7 Å². The van der Waals surface area contributed by atoms with E-state index in [1.165, 1.54) is 17.3 Å². The molecule has 1 saturated heterocycles. The lowest BCUT2D eigenvalue weighted by Crippen LogP contribution is -2.56. The molecule has 2 heterocycles. The van der Waals surface area contributed by atoms with E-state index < -0.39 is 5.92 Å². The maximum atomic E-state index is 13.1. The number of hydrogen-bond donors (Lipinski definition) is 4. The zero-order valence-corrected chi connectivity index (χ0v) is 14.8. The molecule has 0 unspecified atom stereocenters. The van der Waals surface area contributed by atoms with Crippen LogP contribution in [0.5, 0.6) is 0 Å². The van der Waals surface area contributed by atoms with Crippen LogP contribution in [0.1, 0.15) is 16.7 Å². The third-order valence-electron chi connectivity index (χ3n) is 4.31. The maximum Gasteiger partial charge on any atom is 0.282 e. The number of aromatic nitrogens is 1. The number of nitrogen functional groups attached to an aromatic ring is 1. The smallest absolute Gasteiger partial charge is 0.282 e. The molecule has 0 saturated carbocycles. The first kappa shape index (κ1) is 18.5. The van der Waals surface area contributed by atoms with Crippen molar-refractivity contribution in [1.29, 1.82) is 10.8 Å². The molecule has 0 aliphatic carbocycles. The van der Waals surface area contributed by atoms with E-state index in [0.717, 1.165) is 5.56 Å². The van der Waals surface area contributed by atoms with Crippen molar-refractivity contribution in [3.8, 4) is 0 Å². The number of allylic oxidation sites excluding steroid dienone is 1. The fourth-order valence-electron chi connectivity index (χ4n) is 2.89. The molecular formula is C19H20F2N6. The van der Waals surface area contributed by atoms with Crippen LogP contribution in [0.2, 0.25) is 0 Å². The molecule has 1 aliphatic rings. The van der Waals surface area contributed by atoms with Gasteiger partial charge in [-0.3, -0.25) is 5.41 Å². The SMILES string of the molecule is CN/C=C(\C=N)c1ccc(N)c(C(=N)c2ccnc(N3CC(F)(F)C3)c2)c1. The van der Waals surface area contributed by atoms with Gasteiger partial charge in [-0.1, -0.05) is 6.07 Å². The molecule has 0 bridgehead atoms. The monoisotopic (exact) mass is 370 g/mol. The largest absolute Gasteiger partial charge is 0.398 e. The number of rotatable bonds is 6. The van der Waals surface area contributed by atoms with Crippen molar-refractivity contribution in [2.24, 2.45) is 0 Å². The van der Waals surface area contributed by atoms with Crippen LogP contribution in [0.4, 0.5) is 20.3 Å². The number of nitrogens with one attached hydrogen (secondary N) is 3. The van der Waals surface area contributed by atoms with E-state index in [0.29, 0.717) is 28.2 Å². The van der Waals surface area contributed by atoms with Crippen molar-refractivity contribution in [2.45, 2.75) is 5.92 Å². The van der Waals surface area contributed by atoms with Gasteiger partial charge in [-0.25, -0.2) is 13.8 Å². The summed E-state index contributed by atoms with van der Waals surface area (Å²) in [6.07, 6.45) is 4.39. The third kappa shape index (κ3) is 3.79. The molecular weight excluding hydrogens is 350 g/mol. The minimum atomic E-state index is -2.69. The van der Waals surface area contributed by atoms with Gasteiger partial charge < -0.3 is 21.4 Å². The highest BCUT2D eigenvalue weighted by Gasteiger charge is 2.44. The predicted octanol–water partition coefficient (Wildman–Crippen LogP) is 2.75. The van der Waals surface area contributed by atoms with Crippen LogP contribution in [-0.2, 0) is 0 Å². The number of pyridine rings is 1. The van der Waals surface area contributed by atoms with E-state index in [-0.39, 0.29) is 18.8 Å². The Bertz CT molecular complexity index is 914. The summed E-state index contributed by atoms with van der Waals surface area (Å²) in [5.74, 6) is -2.28. The second-order valence-electron chi connectivity index (χ2n) is 6.32. The van der Waals surface area contributed by atoms with Crippen molar-refractivity contribution in [1.82, 2.24) is 10.3 Å². The van der Waals surface area contributed by atoms with E-state index in [2.05, 4.69) is 10.3 Å². The van der Waals surface area contributed by atoms with Crippen LogP contribution in [0, 0.1) is 10.8 Å². The Morgan fingerprint density at radius 2 is 2.00 bits per heavy atom. The summed E-state index contributed by atoms with van der Waals surface area (Å²) >= 11 is 0. The van der Waals surface area contributed by atoms with Gasteiger partial charge in [-0.2, -0.15) is 0 Å². The van der Waals surface area contributed by atoms with Gasteiger partial charge in [-0.15, -0.1) is 0 Å². The zero-order valence-electron chi connectivity index (χ0n) is 14.8. The van der Waals surface area contributed by atoms with Gasteiger partial charge in [0.1, 0.15) is 5.82 Å². The normalized spacial score (nSPS) is 15.8. The average Bonchev–Trinajstić information content (AvgIpc) is 2.64. The highest BCUT2D eigenvalue weighted by molar-refractivity contribution is 6.15. The van der Waals surface area contributed by atoms with E-state index in [1.54, 1.807) is 43.6 Å². The maximum absolute atomic E-state index is 13.1. The number of halogens is 2. The van der Waals surface area contributed by atoms with E-state index in [4.69, 9.17) is 16.6 Å². The summed E-state index contributed by atoms with van der Waals surface area (Å²) in [5.41, 5.74) is 9.07. The summed E-state index contributed by atoms with van der Waals surface area (Å²) in [6.45, 7) is -0.738. The number of benzene rings is 1. The Morgan fingerprint density at radius 1 is 1.26 bits per heavy atom. The summed E-state index contributed by atoms with van der Waals surface area (Å²) in [4.78, 5) is 5.60. The lowest BCUT2D eigenvalue weighted by atomic mass is 9.96. The van der Waals surface area contributed by atoms with Crippen molar-refractivity contribution in [3.05, 3.63) is 59.4 Å². The first-order chi connectivity index (χ1) is 12.8. The zero-order chi connectivity index (χ0) is 19.6. The fraction of sp³-hybridized carbons (Fsp3) is 0.211. The second-order valence-corrected chi connectivity index (χ2v) is 6.32. The molecule has 3 rings (SSSR count). The lowest BCUT2D eigenvalue weighted by molar-refractivity contribution is -0.0267. The van der Waals surface area contributed by atoms with Crippen LogP contribution < -0.4 is 16.0 Å². The Balaban J connectivity index is 1.92. The quantitative estimate of drug-likeness (QED) is 0.464. The topological polar surface area (TPSA) is 102 Å². The Hall–Kier alpha value is -3.29.